The second kappa shape index (κ2) is 4.55. The van der Waals surface area contributed by atoms with Crippen LogP contribution in [0.25, 0.3) is 0 Å². The molecule has 2 saturated heterocycles. The van der Waals surface area contributed by atoms with E-state index in [-0.39, 0.29) is 29.0 Å². The van der Waals surface area contributed by atoms with Crippen molar-refractivity contribution < 1.29 is 19.0 Å². The van der Waals surface area contributed by atoms with Crippen molar-refractivity contribution in [1.82, 2.24) is 0 Å². The van der Waals surface area contributed by atoms with Crippen molar-refractivity contribution in [2.75, 3.05) is 6.61 Å². The highest BCUT2D eigenvalue weighted by molar-refractivity contribution is 5.92. The quantitative estimate of drug-likeness (QED) is 0.688. The third-order valence-corrected chi connectivity index (χ3v) is 6.18. The largest absolute Gasteiger partial charge is 0.371 e. The predicted molar refractivity (Wildman–Crippen MR) is 83.5 cm³/mol. The van der Waals surface area contributed by atoms with E-state index in [9.17, 15) is 4.79 Å². The fourth-order valence-electron chi connectivity index (χ4n) is 4.43. The van der Waals surface area contributed by atoms with Crippen molar-refractivity contribution in [3.63, 3.8) is 0 Å². The van der Waals surface area contributed by atoms with Gasteiger partial charge in [0.15, 0.2) is 11.6 Å². The summed E-state index contributed by atoms with van der Waals surface area (Å²) in [6, 6.07) is 0. The molecular weight excluding hydrogens is 280 g/mol. The molecule has 3 fully saturated rings. The van der Waals surface area contributed by atoms with Crippen molar-refractivity contribution in [3.8, 4) is 0 Å². The summed E-state index contributed by atoms with van der Waals surface area (Å²) in [6.07, 6.45) is 1.36. The van der Waals surface area contributed by atoms with Crippen LogP contribution in [0.2, 0.25) is 0 Å². The second-order valence-corrected chi connectivity index (χ2v) is 9.09. The average Bonchev–Trinajstić information content (AvgIpc) is 2.34. The topological polar surface area (TPSA) is 44.8 Å². The van der Waals surface area contributed by atoms with Crippen molar-refractivity contribution in [2.24, 2.45) is 16.7 Å². The minimum atomic E-state index is -0.652. The summed E-state index contributed by atoms with van der Waals surface area (Å²) in [4.78, 5) is 13.4. The maximum absolute atomic E-state index is 13.4. The Balaban J connectivity index is 2.06. The van der Waals surface area contributed by atoms with Crippen molar-refractivity contribution in [2.45, 2.75) is 84.9 Å². The van der Waals surface area contributed by atoms with E-state index in [1.807, 2.05) is 13.8 Å². The summed E-state index contributed by atoms with van der Waals surface area (Å²) in [5.41, 5.74) is -1.29. The fraction of sp³-hybridized carbons (Fsp3) is 0.944. The molecule has 0 radical (unpaired) electrons. The van der Waals surface area contributed by atoms with E-state index in [4.69, 9.17) is 14.2 Å². The zero-order chi connectivity index (χ0) is 16.6. The number of hydrogen-bond donors (Lipinski definition) is 0. The van der Waals surface area contributed by atoms with Crippen LogP contribution in [0.4, 0.5) is 0 Å². The molecule has 0 bridgehead atoms. The van der Waals surface area contributed by atoms with Gasteiger partial charge in [-0.1, -0.05) is 20.8 Å². The van der Waals surface area contributed by atoms with Gasteiger partial charge in [0, 0.05) is 11.8 Å². The molecular formula is C18H30O4. The molecule has 2 aliphatic heterocycles. The molecule has 4 nitrogen and oxygen atoms in total. The van der Waals surface area contributed by atoms with Crippen LogP contribution in [-0.4, -0.2) is 36.0 Å². The van der Waals surface area contributed by atoms with Crippen LogP contribution in [0, 0.1) is 16.7 Å². The molecule has 3 rings (SSSR count). The molecule has 0 amide bonds. The maximum Gasteiger partial charge on any atom is 0.163 e. The Kier molecular flexibility index (Phi) is 3.39. The van der Waals surface area contributed by atoms with E-state index in [0.717, 1.165) is 12.8 Å². The summed E-state index contributed by atoms with van der Waals surface area (Å²) in [6.45, 7) is 14.7. The Bertz CT molecular complexity index is 491. The van der Waals surface area contributed by atoms with Crippen molar-refractivity contribution in [3.05, 3.63) is 0 Å². The molecule has 3 aliphatic rings. The molecule has 4 atom stereocenters. The average molecular weight is 310 g/mol. The molecule has 0 aromatic rings. The van der Waals surface area contributed by atoms with Crippen LogP contribution in [0.1, 0.15) is 61.3 Å². The Morgan fingerprint density at radius 1 is 1.00 bits per heavy atom. The first kappa shape index (κ1) is 16.4. The summed E-state index contributed by atoms with van der Waals surface area (Å²) < 4.78 is 18.5. The maximum atomic E-state index is 13.4. The number of hydrogen-bond acceptors (Lipinski definition) is 4. The van der Waals surface area contributed by atoms with E-state index < -0.39 is 11.2 Å². The summed E-state index contributed by atoms with van der Waals surface area (Å²) in [7, 11) is 0. The lowest BCUT2D eigenvalue weighted by Gasteiger charge is -2.62. The highest BCUT2D eigenvalue weighted by atomic mass is 16.7. The van der Waals surface area contributed by atoms with E-state index in [0.29, 0.717) is 12.5 Å². The Labute approximate surface area is 133 Å². The Morgan fingerprint density at radius 3 is 2.27 bits per heavy atom. The fourth-order valence-corrected chi connectivity index (χ4v) is 4.43. The number of carbonyl (C=O) groups is 1. The van der Waals surface area contributed by atoms with E-state index in [2.05, 4.69) is 34.6 Å². The van der Waals surface area contributed by atoms with E-state index >= 15 is 0 Å². The van der Waals surface area contributed by atoms with Crippen LogP contribution in [0.15, 0.2) is 0 Å². The van der Waals surface area contributed by atoms with E-state index in [1.54, 1.807) is 0 Å². The molecule has 1 aliphatic carbocycles. The lowest BCUT2D eigenvalue weighted by molar-refractivity contribution is -0.362. The third kappa shape index (κ3) is 2.18. The highest BCUT2D eigenvalue weighted by Gasteiger charge is 2.67. The number of rotatable bonds is 0. The smallest absolute Gasteiger partial charge is 0.163 e. The predicted octanol–water partition coefficient (Wildman–Crippen LogP) is 3.33. The van der Waals surface area contributed by atoms with Gasteiger partial charge in [0.2, 0.25) is 0 Å². The molecule has 22 heavy (non-hydrogen) atoms. The van der Waals surface area contributed by atoms with Crippen molar-refractivity contribution >= 4 is 5.78 Å². The zero-order valence-electron chi connectivity index (χ0n) is 15.0. The molecule has 0 N–H and O–H groups in total. The molecule has 1 spiro atoms. The van der Waals surface area contributed by atoms with Gasteiger partial charge < -0.3 is 14.2 Å². The SMILES string of the molecule is C[C@@H]1C[C@H]2OC(C)(C)C[C@H]3OC(C)(C)OC[C@]23C(=O)C1(C)C. The molecule has 1 saturated carbocycles. The van der Waals surface area contributed by atoms with Gasteiger partial charge in [-0.3, -0.25) is 4.79 Å². The van der Waals surface area contributed by atoms with Gasteiger partial charge in [-0.2, -0.15) is 0 Å². The first-order valence-corrected chi connectivity index (χ1v) is 8.45. The van der Waals surface area contributed by atoms with Crippen LogP contribution in [-0.2, 0) is 19.0 Å². The van der Waals surface area contributed by atoms with Crippen LogP contribution >= 0.6 is 0 Å². The number of Topliss-reactive ketones (excluding diaryl/α,β-unsaturated/α-hetero) is 1. The molecule has 0 aromatic heterocycles. The van der Waals surface area contributed by atoms with Crippen molar-refractivity contribution in [1.29, 1.82) is 0 Å². The van der Waals surface area contributed by atoms with Crippen LogP contribution in [0.3, 0.4) is 0 Å². The van der Waals surface area contributed by atoms with Crippen LogP contribution in [0.5, 0.6) is 0 Å². The van der Waals surface area contributed by atoms with Gasteiger partial charge in [-0.25, -0.2) is 0 Å². The minimum Gasteiger partial charge on any atom is -0.371 e. The molecule has 0 unspecified atom stereocenters. The van der Waals surface area contributed by atoms with E-state index in [1.165, 1.54) is 0 Å². The van der Waals surface area contributed by atoms with Gasteiger partial charge in [-0.15, -0.1) is 0 Å². The van der Waals surface area contributed by atoms with Gasteiger partial charge in [0.05, 0.1) is 24.4 Å². The monoisotopic (exact) mass is 310 g/mol. The third-order valence-electron chi connectivity index (χ3n) is 6.18. The summed E-state index contributed by atoms with van der Waals surface area (Å²) in [5, 5.41) is 0. The number of ketones is 1. The lowest BCUT2D eigenvalue weighted by Crippen LogP contribution is -2.72. The molecule has 2 heterocycles. The minimum absolute atomic E-state index is 0.118. The Morgan fingerprint density at radius 2 is 1.64 bits per heavy atom. The van der Waals surface area contributed by atoms with Gasteiger partial charge in [-0.05, 0) is 40.0 Å². The summed E-state index contributed by atoms with van der Waals surface area (Å²) >= 11 is 0. The van der Waals surface area contributed by atoms with Gasteiger partial charge in [0.1, 0.15) is 5.41 Å². The second-order valence-electron chi connectivity index (χ2n) is 9.09. The molecule has 4 heteroatoms. The number of ether oxygens (including phenoxy) is 3. The first-order chi connectivity index (χ1) is 9.91. The van der Waals surface area contributed by atoms with Gasteiger partial charge >= 0.3 is 0 Å². The lowest BCUT2D eigenvalue weighted by atomic mass is 9.53. The number of carbonyl (C=O) groups excluding carboxylic acids is 1. The molecule has 126 valence electrons. The van der Waals surface area contributed by atoms with Gasteiger partial charge in [0.25, 0.3) is 0 Å². The van der Waals surface area contributed by atoms with Crippen LogP contribution < -0.4 is 0 Å². The highest BCUT2D eigenvalue weighted by Crippen LogP contribution is 2.57. The molecule has 0 aromatic carbocycles. The standard InChI is InChI=1S/C18H30O4/c1-11-8-12-18(14(19)16(11,4)5)10-20-17(6,7)22-13(18)9-15(2,3)21-12/h11-13H,8-10H2,1-7H3/t11-,12-,13-,18+/m1/s1. The zero-order valence-corrected chi connectivity index (χ0v) is 15.0. The summed E-state index contributed by atoms with van der Waals surface area (Å²) in [5.74, 6) is -0.0960. The first-order valence-electron chi connectivity index (χ1n) is 8.45. The normalized spacial score (nSPS) is 45.8. The Hall–Kier alpha value is -0.450.